The smallest absolute Gasteiger partial charge is 0.128 e. The summed E-state index contributed by atoms with van der Waals surface area (Å²) >= 11 is 0. The van der Waals surface area contributed by atoms with Gasteiger partial charge in [-0.2, -0.15) is 0 Å². The molecule has 0 aliphatic heterocycles. The first kappa shape index (κ1) is 16.4. The van der Waals surface area contributed by atoms with E-state index in [2.05, 4.69) is 5.32 Å². The molecule has 2 unspecified atom stereocenters. The Bertz CT molecular complexity index is 446. The van der Waals surface area contributed by atoms with Crippen LogP contribution in [0.15, 0.2) is 18.2 Å². The molecule has 1 aromatic carbocycles. The number of hydrogen-bond donors (Lipinski definition) is 1. The summed E-state index contributed by atoms with van der Waals surface area (Å²) in [5.41, 5.74) is 0.370. The lowest BCUT2D eigenvalue weighted by Crippen LogP contribution is -2.39. The van der Waals surface area contributed by atoms with Crippen molar-refractivity contribution in [2.75, 3.05) is 13.7 Å². The van der Waals surface area contributed by atoms with Crippen LogP contribution >= 0.6 is 0 Å². The van der Waals surface area contributed by atoms with Crippen molar-refractivity contribution in [3.63, 3.8) is 0 Å². The fourth-order valence-electron chi connectivity index (χ4n) is 3.44. The molecule has 0 bridgehead atoms. The first-order valence-corrected chi connectivity index (χ1v) is 7.88. The molecule has 0 heterocycles. The van der Waals surface area contributed by atoms with Gasteiger partial charge in [0, 0.05) is 12.7 Å². The third kappa shape index (κ3) is 4.01. The van der Waals surface area contributed by atoms with Crippen LogP contribution in [0.1, 0.15) is 50.6 Å². The quantitative estimate of drug-likeness (QED) is 0.849. The molecule has 1 aliphatic rings. The zero-order valence-corrected chi connectivity index (χ0v) is 12.9. The summed E-state index contributed by atoms with van der Waals surface area (Å²) in [6, 6.07) is 3.34. The van der Waals surface area contributed by atoms with Gasteiger partial charge >= 0.3 is 0 Å². The van der Waals surface area contributed by atoms with Crippen LogP contribution in [0.4, 0.5) is 8.78 Å². The van der Waals surface area contributed by atoms with Gasteiger partial charge in [0.2, 0.25) is 0 Å². The number of hydrogen-bond acceptors (Lipinski definition) is 2. The Morgan fingerprint density at radius 1 is 1.24 bits per heavy atom. The first-order chi connectivity index (χ1) is 10.2. The standard InChI is InChI=1S/C17H25F2NO/c1-3-20-16(14-11-13(18)9-10-15(14)19)17(21-2)12-7-5-4-6-8-12/h9-12,16-17,20H,3-8H2,1-2H3. The Balaban J connectivity index is 2.28. The van der Waals surface area contributed by atoms with Crippen molar-refractivity contribution in [2.45, 2.75) is 51.2 Å². The van der Waals surface area contributed by atoms with Crippen molar-refractivity contribution >= 4 is 0 Å². The number of likely N-dealkylation sites (N-methyl/N-ethyl adjacent to an activating group) is 1. The molecular weight excluding hydrogens is 272 g/mol. The minimum atomic E-state index is -0.409. The largest absolute Gasteiger partial charge is 0.379 e. The fourth-order valence-corrected chi connectivity index (χ4v) is 3.44. The van der Waals surface area contributed by atoms with Gasteiger partial charge in [0.1, 0.15) is 11.6 Å². The zero-order valence-electron chi connectivity index (χ0n) is 12.9. The third-order valence-corrected chi connectivity index (χ3v) is 4.43. The average molecular weight is 297 g/mol. The van der Waals surface area contributed by atoms with E-state index in [9.17, 15) is 8.78 Å². The number of nitrogens with one attached hydrogen (secondary N) is 1. The van der Waals surface area contributed by atoms with Crippen LogP contribution in [0.2, 0.25) is 0 Å². The van der Waals surface area contributed by atoms with Crippen LogP contribution in [0, 0.1) is 17.6 Å². The highest BCUT2D eigenvalue weighted by Crippen LogP contribution is 2.35. The Labute approximate surface area is 125 Å². The monoisotopic (exact) mass is 297 g/mol. The molecule has 1 aromatic rings. The van der Waals surface area contributed by atoms with Crippen molar-refractivity contribution in [1.82, 2.24) is 5.32 Å². The summed E-state index contributed by atoms with van der Waals surface area (Å²) < 4.78 is 33.4. The van der Waals surface area contributed by atoms with E-state index in [4.69, 9.17) is 4.74 Å². The molecule has 118 valence electrons. The number of rotatable bonds is 6. The van der Waals surface area contributed by atoms with Crippen LogP contribution < -0.4 is 5.32 Å². The summed E-state index contributed by atoms with van der Waals surface area (Å²) in [5, 5.41) is 3.28. The van der Waals surface area contributed by atoms with E-state index in [1.807, 2.05) is 6.92 Å². The molecule has 0 spiro atoms. The van der Waals surface area contributed by atoms with Gasteiger partial charge in [-0.05, 0) is 43.5 Å². The molecule has 0 saturated heterocycles. The van der Waals surface area contributed by atoms with Gasteiger partial charge in [0.15, 0.2) is 0 Å². The second-order valence-electron chi connectivity index (χ2n) is 5.80. The van der Waals surface area contributed by atoms with Crippen molar-refractivity contribution < 1.29 is 13.5 Å². The van der Waals surface area contributed by atoms with E-state index < -0.39 is 5.82 Å². The minimum absolute atomic E-state index is 0.124. The lowest BCUT2D eigenvalue weighted by Gasteiger charge is -2.35. The summed E-state index contributed by atoms with van der Waals surface area (Å²) in [7, 11) is 1.67. The Hall–Kier alpha value is -1.00. The van der Waals surface area contributed by atoms with Gasteiger partial charge < -0.3 is 10.1 Å². The van der Waals surface area contributed by atoms with Gasteiger partial charge in [-0.25, -0.2) is 8.78 Å². The molecule has 2 nitrogen and oxygen atoms in total. The highest BCUT2D eigenvalue weighted by Gasteiger charge is 2.32. The van der Waals surface area contributed by atoms with Crippen LogP contribution in [0.25, 0.3) is 0 Å². The average Bonchev–Trinajstić information content (AvgIpc) is 2.51. The Kier molecular flexibility index (Phi) is 6.12. The lowest BCUT2D eigenvalue weighted by molar-refractivity contribution is 0.00701. The number of benzene rings is 1. The molecule has 4 heteroatoms. The van der Waals surface area contributed by atoms with Gasteiger partial charge in [-0.1, -0.05) is 26.2 Å². The highest BCUT2D eigenvalue weighted by molar-refractivity contribution is 5.24. The molecule has 2 atom stereocenters. The summed E-state index contributed by atoms with van der Waals surface area (Å²) in [4.78, 5) is 0. The number of halogens is 2. The summed E-state index contributed by atoms with van der Waals surface area (Å²) in [6.07, 6.45) is 5.70. The van der Waals surface area contributed by atoms with E-state index in [-0.39, 0.29) is 18.0 Å². The summed E-state index contributed by atoms with van der Waals surface area (Å²) in [6.45, 7) is 2.66. The number of ether oxygens (including phenoxy) is 1. The second-order valence-corrected chi connectivity index (χ2v) is 5.80. The SMILES string of the molecule is CCNC(c1cc(F)ccc1F)C(OC)C1CCCCC1. The van der Waals surface area contributed by atoms with E-state index in [0.717, 1.165) is 18.9 Å². The van der Waals surface area contributed by atoms with Crippen molar-refractivity contribution in [3.8, 4) is 0 Å². The minimum Gasteiger partial charge on any atom is -0.379 e. The predicted molar refractivity (Wildman–Crippen MR) is 80.1 cm³/mol. The van der Waals surface area contributed by atoms with E-state index in [0.29, 0.717) is 18.0 Å². The third-order valence-electron chi connectivity index (χ3n) is 4.43. The van der Waals surface area contributed by atoms with Crippen molar-refractivity contribution in [2.24, 2.45) is 5.92 Å². The van der Waals surface area contributed by atoms with Crippen LogP contribution in [0.5, 0.6) is 0 Å². The fraction of sp³-hybridized carbons (Fsp3) is 0.647. The maximum Gasteiger partial charge on any atom is 0.128 e. The highest BCUT2D eigenvalue weighted by atomic mass is 19.1. The molecule has 0 aromatic heterocycles. The molecule has 21 heavy (non-hydrogen) atoms. The van der Waals surface area contributed by atoms with Gasteiger partial charge in [-0.3, -0.25) is 0 Å². The lowest BCUT2D eigenvalue weighted by atomic mass is 9.80. The topological polar surface area (TPSA) is 21.3 Å². The molecular formula is C17H25F2NO. The van der Waals surface area contributed by atoms with Crippen molar-refractivity contribution in [1.29, 1.82) is 0 Å². The number of methoxy groups -OCH3 is 1. The second kappa shape index (κ2) is 7.85. The Morgan fingerprint density at radius 2 is 1.95 bits per heavy atom. The van der Waals surface area contributed by atoms with E-state index in [1.54, 1.807) is 7.11 Å². The van der Waals surface area contributed by atoms with Crippen LogP contribution in [-0.2, 0) is 4.74 Å². The first-order valence-electron chi connectivity index (χ1n) is 7.88. The van der Waals surface area contributed by atoms with Gasteiger partial charge in [0.05, 0.1) is 12.1 Å². The van der Waals surface area contributed by atoms with Gasteiger partial charge in [-0.15, -0.1) is 0 Å². The maximum atomic E-state index is 14.1. The molecule has 0 radical (unpaired) electrons. The van der Waals surface area contributed by atoms with E-state index >= 15 is 0 Å². The van der Waals surface area contributed by atoms with Crippen LogP contribution in [0.3, 0.4) is 0 Å². The Morgan fingerprint density at radius 3 is 2.57 bits per heavy atom. The van der Waals surface area contributed by atoms with Crippen LogP contribution in [-0.4, -0.2) is 19.8 Å². The van der Waals surface area contributed by atoms with Gasteiger partial charge in [0.25, 0.3) is 0 Å². The van der Waals surface area contributed by atoms with E-state index in [1.165, 1.54) is 31.4 Å². The van der Waals surface area contributed by atoms with Crippen molar-refractivity contribution in [3.05, 3.63) is 35.4 Å². The zero-order chi connectivity index (χ0) is 15.2. The maximum absolute atomic E-state index is 14.1. The molecule has 1 N–H and O–H groups in total. The molecule has 1 fully saturated rings. The predicted octanol–water partition coefficient (Wildman–Crippen LogP) is 4.21. The summed E-state index contributed by atoms with van der Waals surface area (Å²) in [5.74, 6) is -0.386. The normalized spacial score (nSPS) is 19.4. The molecule has 0 amide bonds. The molecule has 2 rings (SSSR count). The molecule has 1 saturated carbocycles. The molecule has 1 aliphatic carbocycles.